The summed E-state index contributed by atoms with van der Waals surface area (Å²) in [5, 5.41) is 0. The largest absolute Gasteiger partial charge is 0.495 e. The third kappa shape index (κ3) is 2.31. The molecule has 1 aliphatic heterocycles. The summed E-state index contributed by atoms with van der Waals surface area (Å²) < 4.78 is 12.5. The molecule has 1 saturated heterocycles. The normalized spacial score (nSPS) is 24.1. The Hall–Kier alpha value is -0.795. The van der Waals surface area contributed by atoms with E-state index in [9.17, 15) is 0 Å². The summed E-state index contributed by atoms with van der Waals surface area (Å²) in [6, 6.07) is 6.86. The maximum atomic E-state index is 6.23. The minimum atomic E-state index is -0.266. The maximum Gasteiger partial charge on any atom is 0.495 e. The van der Waals surface area contributed by atoms with Gasteiger partial charge in [0, 0.05) is 0 Å². The van der Waals surface area contributed by atoms with Crippen LogP contribution in [0.15, 0.2) is 18.2 Å². The predicted octanol–water partition coefficient (Wildman–Crippen LogP) is 3.43. The summed E-state index contributed by atoms with van der Waals surface area (Å²) in [5.41, 5.74) is 3.49. The van der Waals surface area contributed by atoms with E-state index in [0.29, 0.717) is 0 Å². The highest BCUT2D eigenvalue weighted by molar-refractivity contribution is 6.62. The Morgan fingerprint density at radius 2 is 1.70 bits per heavy atom. The average molecular weight is 272 g/mol. The number of aryl methyl sites for hydroxylation is 1. The van der Waals surface area contributed by atoms with Crippen molar-refractivity contribution in [2.24, 2.45) is 0 Å². The Morgan fingerprint density at radius 3 is 2.20 bits per heavy atom. The molecule has 0 amide bonds. The Kier molecular flexibility index (Phi) is 3.26. The molecule has 0 spiro atoms. The summed E-state index contributed by atoms with van der Waals surface area (Å²) in [4.78, 5) is 0. The lowest BCUT2D eigenvalue weighted by Crippen LogP contribution is -2.41. The smallest absolute Gasteiger partial charge is 0.399 e. The maximum absolute atomic E-state index is 6.23. The third-order valence-electron chi connectivity index (χ3n) is 5.11. The Bertz CT molecular complexity index is 502. The fraction of sp³-hybridized carbons (Fsp3) is 0.647. The van der Waals surface area contributed by atoms with Gasteiger partial charge in [0.25, 0.3) is 0 Å². The van der Waals surface area contributed by atoms with E-state index in [0.717, 1.165) is 12.3 Å². The molecule has 0 atom stereocenters. The van der Waals surface area contributed by atoms with Crippen molar-refractivity contribution in [3.63, 3.8) is 0 Å². The predicted molar refractivity (Wildman–Crippen MR) is 83.5 cm³/mol. The van der Waals surface area contributed by atoms with Gasteiger partial charge in [-0.1, -0.05) is 25.1 Å². The van der Waals surface area contributed by atoms with Crippen molar-refractivity contribution in [1.29, 1.82) is 0 Å². The van der Waals surface area contributed by atoms with E-state index in [1.54, 1.807) is 0 Å². The molecule has 2 nitrogen and oxygen atoms in total. The van der Waals surface area contributed by atoms with Crippen LogP contribution >= 0.6 is 0 Å². The lowest BCUT2D eigenvalue weighted by Gasteiger charge is -2.32. The molecule has 3 rings (SSSR count). The van der Waals surface area contributed by atoms with E-state index >= 15 is 0 Å². The summed E-state index contributed by atoms with van der Waals surface area (Å²) in [5.74, 6) is 0.766. The summed E-state index contributed by atoms with van der Waals surface area (Å²) >= 11 is 0. The minimum Gasteiger partial charge on any atom is -0.399 e. The van der Waals surface area contributed by atoms with E-state index in [1.165, 1.54) is 29.4 Å². The molecule has 108 valence electrons. The average Bonchev–Trinajstić information content (AvgIpc) is 3.17. The van der Waals surface area contributed by atoms with Crippen LogP contribution in [0.4, 0.5) is 0 Å². The number of hydrogen-bond donors (Lipinski definition) is 0. The number of hydrogen-bond acceptors (Lipinski definition) is 2. The van der Waals surface area contributed by atoms with Crippen LogP contribution in [-0.2, 0) is 15.7 Å². The lowest BCUT2D eigenvalue weighted by molar-refractivity contribution is 0.00578. The molecule has 2 aliphatic rings. The van der Waals surface area contributed by atoms with Gasteiger partial charge in [0.15, 0.2) is 0 Å². The van der Waals surface area contributed by atoms with E-state index in [-0.39, 0.29) is 18.3 Å². The van der Waals surface area contributed by atoms with Crippen molar-refractivity contribution in [3.05, 3.63) is 29.3 Å². The zero-order valence-corrected chi connectivity index (χ0v) is 13.3. The van der Waals surface area contributed by atoms with E-state index in [2.05, 4.69) is 52.8 Å². The van der Waals surface area contributed by atoms with Crippen LogP contribution in [0.25, 0.3) is 0 Å². The molecule has 0 N–H and O–H groups in total. The van der Waals surface area contributed by atoms with Crippen LogP contribution in [0, 0.1) is 0 Å². The molecular formula is C17H25BO2. The Balaban J connectivity index is 1.95. The molecule has 1 aliphatic carbocycles. The molecule has 2 fully saturated rings. The molecule has 1 aromatic rings. The molecule has 1 saturated carbocycles. The van der Waals surface area contributed by atoms with Gasteiger partial charge in [-0.3, -0.25) is 0 Å². The monoisotopic (exact) mass is 272 g/mol. The minimum absolute atomic E-state index is 0.228. The first-order valence-electron chi connectivity index (χ1n) is 7.82. The molecule has 1 heterocycles. The molecule has 0 bridgehead atoms. The first-order valence-corrected chi connectivity index (χ1v) is 7.82. The molecule has 0 radical (unpaired) electrons. The number of benzene rings is 1. The highest BCUT2D eigenvalue weighted by Gasteiger charge is 2.52. The summed E-state index contributed by atoms with van der Waals surface area (Å²) in [7, 11) is -0.228. The van der Waals surface area contributed by atoms with Crippen LogP contribution in [0.1, 0.15) is 64.5 Å². The summed E-state index contributed by atoms with van der Waals surface area (Å²) in [6.07, 6.45) is 3.67. The van der Waals surface area contributed by atoms with Crippen molar-refractivity contribution in [3.8, 4) is 0 Å². The molecule has 1 aromatic carbocycles. The molecule has 0 aromatic heterocycles. The first-order chi connectivity index (χ1) is 9.34. The van der Waals surface area contributed by atoms with Crippen molar-refractivity contribution in [2.75, 3.05) is 0 Å². The van der Waals surface area contributed by atoms with E-state index in [4.69, 9.17) is 9.31 Å². The molecule has 0 unspecified atom stereocenters. The van der Waals surface area contributed by atoms with Crippen molar-refractivity contribution in [1.82, 2.24) is 0 Å². The topological polar surface area (TPSA) is 18.5 Å². The van der Waals surface area contributed by atoms with Gasteiger partial charge in [-0.15, -0.1) is 0 Å². The van der Waals surface area contributed by atoms with Gasteiger partial charge in [-0.2, -0.15) is 0 Å². The zero-order chi connectivity index (χ0) is 14.5. The second-order valence-corrected chi connectivity index (χ2v) is 7.17. The van der Waals surface area contributed by atoms with Gasteiger partial charge in [-0.25, -0.2) is 0 Å². The van der Waals surface area contributed by atoms with Gasteiger partial charge >= 0.3 is 7.12 Å². The van der Waals surface area contributed by atoms with Gasteiger partial charge in [-0.05, 0) is 69.5 Å². The van der Waals surface area contributed by atoms with Crippen LogP contribution < -0.4 is 5.46 Å². The zero-order valence-electron chi connectivity index (χ0n) is 13.3. The molecular weight excluding hydrogens is 247 g/mol. The highest BCUT2D eigenvalue weighted by atomic mass is 16.7. The molecule has 20 heavy (non-hydrogen) atoms. The fourth-order valence-corrected chi connectivity index (χ4v) is 2.80. The first kappa shape index (κ1) is 14.2. The summed E-state index contributed by atoms with van der Waals surface area (Å²) in [6.45, 7) is 10.7. The number of rotatable bonds is 3. The van der Waals surface area contributed by atoms with Crippen LogP contribution in [0.5, 0.6) is 0 Å². The highest BCUT2D eigenvalue weighted by Crippen LogP contribution is 2.41. The SMILES string of the molecule is CCc1ccc(C2CC2)cc1B1OC(C)(C)C(C)(C)O1. The quantitative estimate of drug-likeness (QED) is 0.785. The van der Waals surface area contributed by atoms with Gasteiger partial charge in [0.1, 0.15) is 0 Å². The lowest BCUT2D eigenvalue weighted by atomic mass is 9.74. The van der Waals surface area contributed by atoms with Crippen molar-refractivity contribution < 1.29 is 9.31 Å². The second kappa shape index (κ2) is 4.61. The van der Waals surface area contributed by atoms with Crippen LogP contribution in [-0.4, -0.2) is 18.3 Å². The van der Waals surface area contributed by atoms with Crippen molar-refractivity contribution >= 4 is 12.6 Å². The molecule has 3 heteroatoms. The van der Waals surface area contributed by atoms with E-state index < -0.39 is 0 Å². The second-order valence-electron chi connectivity index (χ2n) is 7.17. The third-order valence-corrected chi connectivity index (χ3v) is 5.11. The van der Waals surface area contributed by atoms with Crippen LogP contribution in [0.3, 0.4) is 0 Å². The van der Waals surface area contributed by atoms with Gasteiger partial charge in [0.2, 0.25) is 0 Å². The van der Waals surface area contributed by atoms with Gasteiger partial charge in [0.05, 0.1) is 11.2 Å². The van der Waals surface area contributed by atoms with Crippen LogP contribution in [0.2, 0.25) is 0 Å². The fourth-order valence-electron chi connectivity index (χ4n) is 2.80. The van der Waals surface area contributed by atoms with Crippen molar-refractivity contribution in [2.45, 2.75) is 71.0 Å². The Labute approximate surface area is 123 Å². The standard InChI is InChI=1S/C17H25BO2/c1-6-12-7-10-14(13-8-9-13)11-15(12)18-19-16(2,3)17(4,5)20-18/h7,10-11,13H,6,8-9H2,1-5H3. The van der Waals surface area contributed by atoms with E-state index in [1.807, 2.05) is 0 Å². The van der Waals surface area contributed by atoms with Gasteiger partial charge < -0.3 is 9.31 Å². The Morgan fingerprint density at radius 1 is 1.10 bits per heavy atom.